The molecule has 0 bridgehead atoms. The van der Waals surface area contributed by atoms with Gasteiger partial charge in [-0.25, -0.2) is 9.97 Å². The van der Waals surface area contributed by atoms with E-state index in [9.17, 15) is 0 Å². The fourth-order valence-corrected chi connectivity index (χ4v) is 2.22. The lowest BCUT2D eigenvalue weighted by atomic mass is 10.1. The van der Waals surface area contributed by atoms with Crippen LogP contribution >= 0.6 is 11.6 Å². The van der Waals surface area contributed by atoms with Crippen LogP contribution in [0.1, 0.15) is 5.69 Å². The molecule has 5 heteroatoms. The van der Waals surface area contributed by atoms with Crippen molar-refractivity contribution >= 4 is 23.2 Å². The van der Waals surface area contributed by atoms with Crippen molar-refractivity contribution in [2.75, 3.05) is 5.73 Å². The summed E-state index contributed by atoms with van der Waals surface area (Å²) in [5.74, 6) is 1.49. The molecule has 0 fully saturated rings. The third kappa shape index (κ3) is 1.62. The van der Waals surface area contributed by atoms with E-state index in [2.05, 4.69) is 9.97 Å². The average Bonchev–Trinajstić information content (AvgIpc) is 2.88. The summed E-state index contributed by atoms with van der Waals surface area (Å²) in [7, 11) is 0. The van der Waals surface area contributed by atoms with Crippen LogP contribution in [-0.4, -0.2) is 14.4 Å². The minimum atomic E-state index is 0.303. The van der Waals surface area contributed by atoms with Crippen LogP contribution in [0, 0.1) is 0 Å². The van der Waals surface area contributed by atoms with Gasteiger partial charge in [-0.1, -0.05) is 30.3 Å². The Morgan fingerprint density at radius 3 is 2.72 bits per heavy atom. The van der Waals surface area contributed by atoms with Crippen molar-refractivity contribution in [3.05, 3.63) is 48.4 Å². The van der Waals surface area contributed by atoms with Gasteiger partial charge in [-0.05, 0) is 5.56 Å². The third-order valence-corrected chi connectivity index (χ3v) is 3.10. The number of anilines is 1. The Kier molecular flexibility index (Phi) is 2.64. The van der Waals surface area contributed by atoms with E-state index < -0.39 is 0 Å². The molecule has 0 aliphatic carbocycles. The number of rotatable bonds is 2. The molecule has 2 aromatic heterocycles. The zero-order valence-corrected chi connectivity index (χ0v) is 10.3. The second kappa shape index (κ2) is 4.31. The summed E-state index contributed by atoms with van der Waals surface area (Å²) in [6.45, 7) is 0. The molecule has 0 unspecified atom stereocenters. The molecular weight excluding hydrogens is 248 g/mol. The van der Waals surface area contributed by atoms with E-state index in [-0.39, 0.29) is 0 Å². The van der Waals surface area contributed by atoms with Gasteiger partial charge in [-0.15, -0.1) is 11.6 Å². The molecule has 2 heterocycles. The van der Waals surface area contributed by atoms with Crippen LogP contribution in [0.25, 0.3) is 16.9 Å². The van der Waals surface area contributed by atoms with Crippen LogP contribution in [0.4, 0.5) is 5.82 Å². The first-order valence-corrected chi connectivity index (χ1v) is 6.07. The minimum Gasteiger partial charge on any atom is -0.384 e. The Labute approximate surface area is 109 Å². The number of aromatic nitrogens is 3. The van der Waals surface area contributed by atoms with Crippen molar-refractivity contribution in [1.29, 1.82) is 0 Å². The van der Waals surface area contributed by atoms with Gasteiger partial charge in [0.05, 0.1) is 11.6 Å². The zero-order valence-electron chi connectivity index (χ0n) is 9.55. The topological polar surface area (TPSA) is 56.2 Å². The first-order valence-electron chi connectivity index (χ1n) is 5.54. The third-order valence-electron chi connectivity index (χ3n) is 2.85. The van der Waals surface area contributed by atoms with E-state index in [1.807, 2.05) is 30.3 Å². The maximum atomic E-state index is 6.20. The molecular formula is C13H11ClN4. The second-order valence-corrected chi connectivity index (χ2v) is 4.18. The quantitative estimate of drug-likeness (QED) is 0.719. The molecule has 3 aromatic rings. The molecule has 0 atom stereocenters. The Bertz CT molecular complexity index is 691. The number of hydrogen-bond acceptors (Lipinski definition) is 3. The molecule has 18 heavy (non-hydrogen) atoms. The maximum Gasteiger partial charge on any atom is 0.235 e. The van der Waals surface area contributed by atoms with Gasteiger partial charge in [-0.3, -0.25) is 4.40 Å². The minimum absolute atomic E-state index is 0.303. The molecule has 0 radical (unpaired) electrons. The number of nitrogens with zero attached hydrogens (tertiary/aromatic N) is 3. The molecule has 1 aromatic carbocycles. The highest BCUT2D eigenvalue weighted by atomic mass is 35.5. The maximum absolute atomic E-state index is 6.20. The molecule has 2 N–H and O–H groups in total. The molecule has 0 aliphatic heterocycles. The van der Waals surface area contributed by atoms with Crippen molar-refractivity contribution in [3.8, 4) is 11.1 Å². The molecule has 3 rings (SSSR count). The van der Waals surface area contributed by atoms with Gasteiger partial charge in [0.25, 0.3) is 0 Å². The number of nitrogen functional groups attached to an aromatic ring is 1. The number of imidazole rings is 1. The standard InChI is InChI=1S/C13H11ClN4/c14-8-10-11(9-4-2-1-3-5-9)12(15)18-7-6-16-13(18)17-10/h1-7H,8,15H2. The van der Waals surface area contributed by atoms with E-state index in [1.54, 1.807) is 16.8 Å². The summed E-state index contributed by atoms with van der Waals surface area (Å²) in [4.78, 5) is 8.57. The summed E-state index contributed by atoms with van der Waals surface area (Å²) in [5.41, 5.74) is 8.82. The lowest BCUT2D eigenvalue weighted by Crippen LogP contribution is -2.05. The van der Waals surface area contributed by atoms with Gasteiger partial charge in [0.1, 0.15) is 5.82 Å². The normalized spacial score (nSPS) is 10.9. The molecule has 0 saturated heterocycles. The van der Waals surface area contributed by atoms with Crippen LogP contribution in [0.3, 0.4) is 0 Å². The lowest BCUT2D eigenvalue weighted by Gasteiger charge is -2.11. The summed E-state index contributed by atoms with van der Waals surface area (Å²) in [5, 5.41) is 0. The Morgan fingerprint density at radius 1 is 1.22 bits per heavy atom. The van der Waals surface area contributed by atoms with Crippen molar-refractivity contribution < 1.29 is 0 Å². The van der Waals surface area contributed by atoms with E-state index in [0.29, 0.717) is 17.5 Å². The Morgan fingerprint density at radius 2 is 2.00 bits per heavy atom. The van der Waals surface area contributed by atoms with Crippen molar-refractivity contribution in [2.45, 2.75) is 5.88 Å². The van der Waals surface area contributed by atoms with E-state index >= 15 is 0 Å². The highest BCUT2D eigenvalue weighted by Gasteiger charge is 2.14. The van der Waals surface area contributed by atoms with Gasteiger partial charge in [0.15, 0.2) is 0 Å². The highest BCUT2D eigenvalue weighted by molar-refractivity contribution is 6.17. The summed E-state index contributed by atoms with van der Waals surface area (Å²) < 4.78 is 1.76. The van der Waals surface area contributed by atoms with Gasteiger partial charge in [0, 0.05) is 18.0 Å². The second-order valence-electron chi connectivity index (χ2n) is 3.92. The largest absolute Gasteiger partial charge is 0.384 e. The molecule has 0 saturated carbocycles. The van der Waals surface area contributed by atoms with Crippen LogP contribution in [0.5, 0.6) is 0 Å². The number of fused-ring (bicyclic) bond motifs is 1. The van der Waals surface area contributed by atoms with Gasteiger partial charge in [0.2, 0.25) is 5.78 Å². The van der Waals surface area contributed by atoms with Gasteiger partial charge < -0.3 is 5.73 Å². The fraction of sp³-hybridized carbons (Fsp3) is 0.0769. The number of benzene rings is 1. The van der Waals surface area contributed by atoms with Crippen LogP contribution < -0.4 is 5.73 Å². The van der Waals surface area contributed by atoms with Gasteiger partial charge in [-0.2, -0.15) is 0 Å². The first-order chi connectivity index (χ1) is 8.81. The summed E-state index contributed by atoms with van der Waals surface area (Å²) in [6, 6.07) is 9.87. The molecule has 0 aliphatic rings. The molecule has 4 nitrogen and oxygen atoms in total. The van der Waals surface area contributed by atoms with Crippen molar-refractivity contribution in [2.24, 2.45) is 0 Å². The van der Waals surface area contributed by atoms with Crippen LogP contribution in [0.15, 0.2) is 42.7 Å². The number of halogens is 1. The molecule has 0 spiro atoms. The van der Waals surface area contributed by atoms with Crippen LogP contribution in [0.2, 0.25) is 0 Å². The lowest BCUT2D eigenvalue weighted by molar-refractivity contribution is 1.07. The van der Waals surface area contributed by atoms with Crippen molar-refractivity contribution in [3.63, 3.8) is 0 Å². The molecule has 90 valence electrons. The zero-order chi connectivity index (χ0) is 12.5. The van der Waals surface area contributed by atoms with Crippen LogP contribution in [-0.2, 0) is 5.88 Å². The predicted octanol–water partition coefficient (Wildman–Crippen LogP) is 2.72. The Hall–Kier alpha value is -2.07. The predicted molar refractivity (Wildman–Crippen MR) is 72.4 cm³/mol. The smallest absolute Gasteiger partial charge is 0.235 e. The van der Waals surface area contributed by atoms with Gasteiger partial charge >= 0.3 is 0 Å². The van der Waals surface area contributed by atoms with E-state index in [0.717, 1.165) is 16.8 Å². The van der Waals surface area contributed by atoms with E-state index in [1.165, 1.54) is 0 Å². The van der Waals surface area contributed by atoms with E-state index in [4.69, 9.17) is 17.3 Å². The average molecular weight is 259 g/mol. The number of hydrogen-bond donors (Lipinski definition) is 1. The number of nitrogens with two attached hydrogens (primary N) is 1. The first kappa shape index (κ1) is 11.0. The Balaban J connectivity index is 2.36. The fourth-order valence-electron chi connectivity index (χ4n) is 2.03. The van der Waals surface area contributed by atoms with Crippen molar-refractivity contribution in [1.82, 2.24) is 14.4 Å². The summed E-state index contributed by atoms with van der Waals surface area (Å²) >= 11 is 5.97. The SMILES string of the molecule is Nc1c(-c2ccccc2)c(CCl)nc2nccn12. The monoisotopic (exact) mass is 258 g/mol. The summed E-state index contributed by atoms with van der Waals surface area (Å²) in [6.07, 6.45) is 3.47. The highest BCUT2D eigenvalue weighted by Crippen LogP contribution is 2.30. The molecule has 0 amide bonds. The number of alkyl halides is 1.